The number of carbonyl (C=O) groups is 1. The molecule has 4 nitrogen and oxygen atoms in total. The van der Waals surface area contributed by atoms with E-state index in [1.54, 1.807) is 18.2 Å². The summed E-state index contributed by atoms with van der Waals surface area (Å²) in [6.45, 7) is 7.62. The van der Waals surface area contributed by atoms with Crippen molar-refractivity contribution in [3.8, 4) is 11.5 Å². The fourth-order valence-corrected chi connectivity index (χ4v) is 5.06. The van der Waals surface area contributed by atoms with E-state index in [-0.39, 0.29) is 17.1 Å². The van der Waals surface area contributed by atoms with E-state index in [0.29, 0.717) is 23.2 Å². The number of hydrogen-bond acceptors (Lipinski definition) is 4. The third-order valence-electron chi connectivity index (χ3n) is 3.46. The molecule has 0 saturated carbocycles. The van der Waals surface area contributed by atoms with Crippen molar-refractivity contribution in [1.82, 2.24) is 0 Å². The third-order valence-corrected chi connectivity index (χ3v) is 7.31. The van der Waals surface area contributed by atoms with Gasteiger partial charge in [0.25, 0.3) is 0 Å². The molecule has 1 aromatic carbocycles. The summed E-state index contributed by atoms with van der Waals surface area (Å²) in [4.78, 5) is 13.0. The van der Waals surface area contributed by atoms with Crippen molar-refractivity contribution >= 4 is 12.7 Å². The summed E-state index contributed by atoms with van der Waals surface area (Å²) in [7, 11) is -0.0508. The number of rotatable bonds is 7. The van der Waals surface area contributed by atoms with E-state index in [1.807, 2.05) is 27.7 Å². The summed E-state index contributed by atoms with van der Waals surface area (Å²) < 4.78 is 23.8. The van der Waals surface area contributed by atoms with Crippen molar-refractivity contribution in [1.29, 1.82) is 0 Å². The zero-order valence-corrected chi connectivity index (χ0v) is 14.6. The Morgan fingerprint density at radius 3 is 1.90 bits per heavy atom. The molecule has 0 aliphatic rings. The first-order valence-electron chi connectivity index (χ1n) is 7.12. The molecule has 0 aromatic heterocycles. The van der Waals surface area contributed by atoms with Crippen LogP contribution in [0.3, 0.4) is 0 Å². The summed E-state index contributed by atoms with van der Waals surface area (Å²) in [6, 6.07) is 5.13. The van der Waals surface area contributed by atoms with Crippen molar-refractivity contribution < 1.29 is 18.8 Å². The standard InChI is InChI=1S/C16H25O4P/c1-11(2)10-21(18,12(3)4)16(17)15-13(19-5)8-7-9-14(15)20-6/h7-9,11-12H,10H2,1-6H3. The molecule has 0 aliphatic heterocycles. The van der Waals surface area contributed by atoms with Crippen molar-refractivity contribution in [3.63, 3.8) is 0 Å². The highest BCUT2D eigenvalue weighted by atomic mass is 31.2. The monoisotopic (exact) mass is 312 g/mol. The number of hydrogen-bond donors (Lipinski definition) is 0. The van der Waals surface area contributed by atoms with Gasteiger partial charge < -0.3 is 14.0 Å². The molecule has 0 bridgehead atoms. The first-order valence-corrected chi connectivity index (χ1v) is 9.08. The highest BCUT2D eigenvalue weighted by Gasteiger charge is 2.39. The van der Waals surface area contributed by atoms with Gasteiger partial charge in [-0.2, -0.15) is 0 Å². The lowest BCUT2D eigenvalue weighted by Crippen LogP contribution is -2.17. The molecule has 0 radical (unpaired) electrons. The predicted molar refractivity (Wildman–Crippen MR) is 86.3 cm³/mol. The van der Waals surface area contributed by atoms with Crippen molar-refractivity contribution in [2.45, 2.75) is 33.4 Å². The lowest BCUT2D eigenvalue weighted by atomic mass is 10.2. The van der Waals surface area contributed by atoms with Gasteiger partial charge in [0, 0.05) is 11.8 Å². The van der Waals surface area contributed by atoms with Gasteiger partial charge in [0.2, 0.25) is 5.52 Å². The summed E-state index contributed by atoms with van der Waals surface area (Å²) in [5.41, 5.74) is -0.261. The molecule has 21 heavy (non-hydrogen) atoms. The fraction of sp³-hybridized carbons (Fsp3) is 0.562. The summed E-state index contributed by atoms with van der Waals surface area (Å²) in [5.74, 6) is 0.996. The van der Waals surface area contributed by atoms with E-state index in [2.05, 4.69) is 0 Å². The Labute approximate surface area is 127 Å². The Bertz CT molecular complexity index is 527. The summed E-state index contributed by atoms with van der Waals surface area (Å²) >= 11 is 0. The van der Waals surface area contributed by atoms with E-state index < -0.39 is 7.14 Å². The van der Waals surface area contributed by atoms with Gasteiger partial charge in [-0.3, -0.25) is 4.79 Å². The Balaban J connectivity index is 3.44. The van der Waals surface area contributed by atoms with Crippen LogP contribution < -0.4 is 9.47 Å². The zero-order chi connectivity index (χ0) is 16.2. The van der Waals surface area contributed by atoms with Gasteiger partial charge in [-0.15, -0.1) is 0 Å². The molecular formula is C16H25O4P. The molecular weight excluding hydrogens is 287 g/mol. The van der Waals surface area contributed by atoms with E-state index in [1.165, 1.54) is 14.2 Å². The molecule has 0 amide bonds. The Kier molecular flexibility index (Phi) is 6.03. The maximum Gasteiger partial charge on any atom is 0.229 e. The van der Waals surface area contributed by atoms with Crippen LogP contribution in [0, 0.1) is 5.92 Å². The predicted octanol–water partition coefficient (Wildman–Crippen LogP) is 4.27. The van der Waals surface area contributed by atoms with E-state index in [9.17, 15) is 9.36 Å². The van der Waals surface area contributed by atoms with E-state index in [0.717, 1.165) is 0 Å². The quantitative estimate of drug-likeness (QED) is 0.705. The first kappa shape index (κ1) is 17.8. The molecule has 0 fully saturated rings. The minimum Gasteiger partial charge on any atom is -0.496 e. The maximum absolute atomic E-state index is 13.3. The van der Waals surface area contributed by atoms with Crippen LogP contribution >= 0.6 is 7.14 Å². The van der Waals surface area contributed by atoms with Gasteiger partial charge in [0.1, 0.15) is 17.1 Å². The highest BCUT2D eigenvalue weighted by molar-refractivity contribution is 7.81. The first-order chi connectivity index (χ1) is 9.77. The normalized spacial score (nSPS) is 14.1. The van der Waals surface area contributed by atoms with Crippen LogP contribution in [0.1, 0.15) is 38.1 Å². The largest absolute Gasteiger partial charge is 0.496 e. The minimum absolute atomic E-state index is 0.183. The van der Waals surface area contributed by atoms with Crippen LogP contribution in [0.5, 0.6) is 11.5 Å². The van der Waals surface area contributed by atoms with Crippen LogP contribution in [0.15, 0.2) is 18.2 Å². The molecule has 0 spiro atoms. The molecule has 5 heteroatoms. The molecule has 1 rings (SSSR count). The van der Waals surface area contributed by atoms with Gasteiger partial charge in [0.05, 0.1) is 14.2 Å². The lowest BCUT2D eigenvalue weighted by molar-refractivity contribution is 0.106. The molecule has 0 N–H and O–H groups in total. The Hall–Kier alpha value is -1.28. The van der Waals surface area contributed by atoms with Gasteiger partial charge in [-0.1, -0.05) is 33.8 Å². The molecule has 1 atom stereocenters. The summed E-state index contributed by atoms with van der Waals surface area (Å²) in [6.07, 6.45) is 0.394. The number of carbonyl (C=O) groups excluding carboxylic acids is 1. The van der Waals surface area contributed by atoms with Crippen LogP contribution in [-0.2, 0) is 4.57 Å². The molecule has 0 aliphatic carbocycles. The zero-order valence-electron chi connectivity index (χ0n) is 13.7. The lowest BCUT2D eigenvalue weighted by Gasteiger charge is -2.24. The fourth-order valence-electron chi connectivity index (χ4n) is 2.32. The second-order valence-corrected chi connectivity index (χ2v) is 9.20. The van der Waals surface area contributed by atoms with E-state index in [4.69, 9.17) is 9.47 Å². The smallest absolute Gasteiger partial charge is 0.229 e. The molecule has 118 valence electrons. The second-order valence-electron chi connectivity index (χ2n) is 5.81. The average Bonchev–Trinajstić information content (AvgIpc) is 2.44. The van der Waals surface area contributed by atoms with Crippen LogP contribution in [0.25, 0.3) is 0 Å². The summed E-state index contributed by atoms with van der Waals surface area (Å²) in [5, 5.41) is 0. The van der Waals surface area contributed by atoms with Crippen molar-refractivity contribution in [2.24, 2.45) is 5.92 Å². The SMILES string of the molecule is COc1cccc(OC)c1C(=O)P(=O)(CC(C)C)C(C)C. The average molecular weight is 312 g/mol. The highest BCUT2D eigenvalue weighted by Crippen LogP contribution is 2.56. The van der Waals surface area contributed by atoms with Gasteiger partial charge in [-0.25, -0.2) is 0 Å². The van der Waals surface area contributed by atoms with Crippen molar-refractivity contribution in [2.75, 3.05) is 20.4 Å². The molecule has 0 heterocycles. The Morgan fingerprint density at radius 2 is 1.57 bits per heavy atom. The van der Waals surface area contributed by atoms with Crippen LogP contribution in [-0.4, -0.2) is 31.6 Å². The van der Waals surface area contributed by atoms with Gasteiger partial charge in [0.15, 0.2) is 7.14 Å². The third kappa shape index (κ3) is 3.68. The minimum atomic E-state index is -3.04. The van der Waals surface area contributed by atoms with Crippen LogP contribution in [0.2, 0.25) is 0 Å². The topological polar surface area (TPSA) is 52.6 Å². The maximum atomic E-state index is 13.3. The number of methoxy groups -OCH3 is 2. The number of benzene rings is 1. The van der Waals surface area contributed by atoms with Gasteiger partial charge >= 0.3 is 0 Å². The van der Waals surface area contributed by atoms with Crippen LogP contribution in [0.4, 0.5) is 0 Å². The van der Waals surface area contributed by atoms with E-state index >= 15 is 0 Å². The number of ether oxygens (including phenoxy) is 2. The molecule has 1 aromatic rings. The molecule has 0 saturated heterocycles. The van der Waals surface area contributed by atoms with Crippen molar-refractivity contribution in [3.05, 3.63) is 23.8 Å². The second kappa shape index (κ2) is 7.13. The molecule has 1 unspecified atom stereocenters. The van der Waals surface area contributed by atoms with Gasteiger partial charge in [-0.05, 0) is 18.1 Å². The Morgan fingerprint density at radius 1 is 1.10 bits per heavy atom.